The van der Waals surface area contributed by atoms with E-state index in [9.17, 15) is 8.42 Å². The lowest BCUT2D eigenvalue weighted by Gasteiger charge is -2.03. The van der Waals surface area contributed by atoms with Gasteiger partial charge in [-0.25, -0.2) is 8.42 Å². The van der Waals surface area contributed by atoms with Crippen LogP contribution in [0, 0.1) is 0 Å². The smallest absolute Gasteiger partial charge is 0.150 e. The Bertz CT molecular complexity index is 163. The maximum absolute atomic E-state index is 10.4. The molecule has 3 N–H and O–H groups in total. The molecule has 0 unspecified atom stereocenters. The number of aliphatic hydroxyl groups excluding tert-OH is 1. The van der Waals surface area contributed by atoms with E-state index in [0.29, 0.717) is 0 Å². The van der Waals surface area contributed by atoms with Crippen molar-refractivity contribution in [1.82, 2.24) is 0 Å². The Balaban J connectivity index is 3.75. The summed E-state index contributed by atoms with van der Waals surface area (Å²) in [6.07, 6.45) is 0.145. The van der Waals surface area contributed by atoms with E-state index in [4.69, 9.17) is 10.8 Å². The van der Waals surface area contributed by atoms with Crippen molar-refractivity contribution in [1.29, 1.82) is 0 Å². The van der Waals surface area contributed by atoms with E-state index < -0.39 is 15.9 Å². The van der Waals surface area contributed by atoms with Crippen LogP contribution in [-0.2, 0) is 9.84 Å². The third-order valence-corrected chi connectivity index (χ3v) is 1.76. The van der Waals surface area contributed by atoms with Gasteiger partial charge in [-0.15, -0.1) is 0 Å². The number of nitrogens with two attached hydrogens (primary N) is 1. The fourth-order valence-electron chi connectivity index (χ4n) is 0.418. The molecular formula is C4H11NO3S. The molecule has 0 aromatic rings. The largest absolute Gasteiger partial charge is 0.391 e. The molecule has 0 fully saturated rings. The van der Waals surface area contributed by atoms with Crippen LogP contribution in [0.4, 0.5) is 0 Å². The van der Waals surface area contributed by atoms with E-state index in [2.05, 4.69) is 0 Å². The van der Waals surface area contributed by atoms with E-state index in [1.165, 1.54) is 0 Å². The molecule has 0 rings (SSSR count). The number of sulfone groups is 1. The van der Waals surface area contributed by atoms with E-state index in [0.717, 1.165) is 6.26 Å². The van der Waals surface area contributed by atoms with Crippen molar-refractivity contribution in [2.75, 3.05) is 18.6 Å². The first-order valence-electron chi connectivity index (χ1n) is 2.51. The zero-order chi connectivity index (χ0) is 7.49. The average Bonchev–Trinajstić information content (AvgIpc) is 1.62. The Morgan fingerprint density at radius 3 is 2.22 bits per heavy atom. The maximum atomic E-state index is 10.4. The second-order valence-corrected chi connectivity index (χ2v) is 4.17. The molecule has 0 saturated heterocycles. The van der Waals surface area contributed by atoms with Crippen LogP contribution in [0.15, 0.2) is 0 Å². The summed E-state index contributed by atoms with van der Waals surface area (Å²) in [7, 11) is -3.07. The second-order valence-electron chi connectivity index (χ2n) is 1.98. The molecule has 9 heavy (non-hydrogen) atoms. The summed E-state index contributed by atoms with van der Waals surface area (Å²) in [6.45, 7) is -0.00687. The van der Waals surface area contributed by atoms with Crippen LogP contribution in [0.5, 0.6) is 0 Å². The molecule has 0 aromatic carbocycles. The predicted molar refractivity (Wildman–Crippen MR) is 34.8 cm³/mol. The van der Waals surface area contributed by atoms with Gasteiger partial charge in [-0.2, -0.15) is 0 Å². The molecule has 0 aromatic heterocycles. The highest BCUT2D eigenvalue weighted by Crippen LogP contribution is 1.87. The highest BCUT2D eigenvalue weighted by Gasteiger charge is 2.08. The van der Waals surface area contributed by atoms with Crippen LogP contribution in [0.3, 0.4) is 0 Å². The van der Waals surface area contributed by atoms with E-state index in [1.54, 1.807) is 0 Å². The summed E-state index contributed by atoms with van der Waals surface area (Å²) in [4.78, 5) is 0. The van der Waals surface area contributed by atoms with Gasteiger partial charge in [0.1, 0.15) is 9.84 Å². The lowest BCUT2D eigenvalue weighted by molar-refractivity contribution is 0.206. The third-order valence-electron chi connectivity index (χ3n) is 0.767. The Morgan fingerprint density at radius 2 is 2.11 bits per heavy atom. The first-order valence-corrected chi connectivity index (χ1v) is 4.57. The van der Waals surface area contributed by atoms with Gasteiger partial charge < -0.3 is 10.8 Å². The van der Waals surface area contributed by atoms with Gasteiger partial charge in [0.2, 0.25) is 0 Å². The van der Waals surface area contributed by atoms with Gasteiger partial charge in [0.15, 0.2) is 0 Å². The lowest BCUT2D eigenvalue weighted by Crippen LogP contribution is -2.27. The predicted octanol–water partition coefficient (Wildman–Crippen LogP) is -1.65. The molecule has 0 amide bonds. The molecule has 4 nitrogen and oxygen atoms in total. The second kappa shape index (κ2) is 3.14. The summed E-state index contributed by atoms with van der Waals surface area (Å²) in [5.74, 6) is -0.247. The van der Waals surface area contributed by atoms with Gasteiger partial charge in [-0.3, -0.25) is 0 Å². The highest BCUT2D eigenvalue weighted by atomic mass is 32.2. The van der Waals surface area contributed by atoms with Crippen molar-refractivity contribution in [2.24, 2.45) is 5.73 Å². The summed E-state index contributed by atoms with van der Waals surface area (Å²) in [6, 6.07) is 0. The number of hydrogen-bond acceptors (Lipinski definition) is 4. The van der Waals surface area contributed by atoms with E-state index in [1.807, 2.05) is 0 Å². The first-order chi connectivity index (χ1) is 3.95. The molecule has 0 spiro atoms. The molecule has 0 heterocycles. The minimum atomic E-state index is -3.07. The average molecular weight is 153 g/mol. The quantitative estimate of drug-likeness (QED) is 0.509. The van der Waals surface area contributed by atoms with E-state index >= 15 is 0 Å². The van der Waals surface area contributed by atoms with Crippen molar-refractivity contribution in [3.8, 4) is 0 Å². The summed E-state index contributed by atoms with van der Waals surface area (Å²) in [5, 5.41) is 8.69. The highest BCUT2D eigenvalue weighted by molar-refractivity contribution is 7.90. The van der Waals surface area contributed by atoms with Crippen molar-refractivity contribution in [3.05, 3.63) is 0 Å². The van der Waals surface area contributed by atoms with Gasteiger partial charge in [0, 0.05) is 12.8 Å². The van der Waals surface area contributed by atoms with Crippen LogP contribution in [0.2, 0.25) is 0 Å². The Hall–Kier alpha value is -0.130. The summed E-state index contributed by atoms with van der Waals surface area (Å²) in [5.41, 5.74) is 4.96. The van der Waals surface area contributed by atoms with Gasteiger partial charge >= 0.3 is 0 Å². The molecule has 0 aliphatic heterocycles. The monoisotopic (exact) mass is 153 g/mol. The maximum Gasteiger partial charge on any atom is 0.150 e. The Labute approximate surface area is 54.6 Å². The lowest BCUT2D eigenvalue weighted by atomic mass is 10.4. The standard InChI is InChI=1S/C4H11NO3S/c1-9(7,8)3-4(6)2-5/h4,6H,2-3,5H2,1H3/t4-/m1/s1. The first kappa shape index (κ1) is 8.87. The van der Waals surface area contributed by atoms with Crippen LogP contribution < -0.4 is 5.73 Å². The minimum absolute atomic E-state index is 0.00687. The topological polar surface area (TPSA) is 80.4 Å². The number of rotatable bonds is 3. The molecule has 1 atom stereocenters. The third kappa shape index (κ3) is 5.75. The Kier molecular flexibility index (Phi) is 3.10. The van der Waals surface area contributed by atoms with Crippen LogP contribution in [-0.4, -0.2) is 38.2 Å². The van der Waals surface area contributed by atoms with Crippen molar-refractivity contribution in [2.45, 2.75) is 6.10 Å². The molecular weight excluding hydrogens is 142 g/mol. The van der Waals surface area contributed by atoms with Gasteiger partial charge in [-0.05, 0) is 0 Å². The van der Waals surface area contributed by atoms with Crippen LogP contribution >= 0.6 is 0 Å². The molecule has 56 valence electrons. The molecule has 0 radical (unpaired) electrons. The molecule has 0 aliphatic carbocycles. The van der Waals surface area contributed by atoms with Crippen molar-refractivity contribution in [3.63, 3.8) is 0 Å². The number of hydrogen-bond donors (Lipinski definition) is 2. The number of aliphatic hydroxyl groups is 1. The van der Waals surface area contributed by atoms with E-state index in [-0.39, 0.29) is 12.3 Å². The zero-order valence-electron chi connectivity index (χ0n) is 5.24. The molecule has 0 aliphatic rings. The summed E-state index contributed by atoms with van der Waals surface area (Å²) < 4.78 is 20.8. The molecule has 5 heteroatoms. The fourth-order valence-corrected chi connectivity index (χ4v) is 1.25. The van der Waals surface area contributed by atoms with Crippen LogP contribution in [0.25, 0.3) is 0 Å². The van der Waals surface area contributed by atoms with Gasteiger partial charge in [-0.1, -0.05) is 0 Å². The SMILES string of the molecule is CS(=O)(=O)C[C@H](O)CN. The van der Waals surface area contributed by atoms with Crippen molar-refractivity contribution >= 4 is 9.84 Å². The minimum Gasteiger partial charge on any atom is -0.391 e. The van der Waals surface area contributed by atoms with Gasteiger partial charge in [0.25, 0.3) is 0 Å². The zero-order valence-corrected chi connectivity index (χ0v) is 6.06. The fraction of sp³-hybridized carbons (Fsp3) is 1.00. The summed E-state index contributed by atoms with van der Waals surface area (Å²) >= 11 is 0. The molecule has 0 bridgehead atoms. The normalized spacial score (nSPS) is 15.4. The van der Waals surface area contributed by atoms with Crippen LogP contribution in [0.1, 0.15) is 0 Å². The molecule has 0 saturated carbocycles. The Morgan fingerprint density at radius 1 is 1.67 bits per heavy atom. The van der Waals surface area contributed by atoms with Crippen molar-refractivity contribution < 1.29 is 13.5 Å². The van der Waals surface area contributed by atoms with Gasteiger partial charge in [0.05, 0.1) is 11.9 Å².